The first-order valence-corrected chi connectivity index (χ1v) is 14.8. The maximum Gasteiger partial charge on any atom is 0.182 e. The number of likely N-dealkylation sites (N-methyl/N-ethyl adjacent to an activating group) is 2. The number of benzene rings is 2. The Morgan fingerprint density at radius 3 is 2.71 bits per heavy atom. The molecule has 1 saturated heterocycles. The van der Waals surface area contributed by atoms with Crippen LogP contribution in [-0.4, -0.2) is 91.8 Å². The summed E-state index contributed by atoms with van der Waals surface area (Å²) in [5, 5.41) is 18.7. The second-order valence-electron chi connectivity index (χ2n) is 11.3. The molecule has 0 radical (unpaired) electrons. The number of aliphatic imine (C=N–C) groups is 1. The van der Waals surface area contributed by atoms with Gasteiger partial charge in [0.05, 0.1) is 28.3 Å². The molecule has 9 nitrogen and oxygen atoms in total. The van der Waals surface area contributed by atoms with E-state index in [2.05, 4.69) is 74.3 Å². The molecule has 1 atom stereocenters. The summed E-state index contributed by atoms with van der Waals surface area (Å²) < 4.78 is 2.26. The predicted molar refractivity (Wildman–Crippen MR) is 177 cm³/mol. The molecular formula is C33H44N8O. The lowest BCUT2D eigenvalue weighted by Crippen LogP contribution is -2.46. The highest BCUT2D eigenvalue weighted by atomic mass is 16.3. The van der Waals surface area contributed by atoms with Crippen LogP contribution in [0, 0.1) is 12.3 Å². The number of aliphatic hydroxyl groups excluding tert-OH is 1. The highest BCUT2D eigenvalue weighted by Crippen LogP contribution is 2.34. The van der Waals surface area contributed by atoms with E-state index >= 15 is 0 Å². The van der Waals surface area contributed by atoms with Gasteiger partial charge in [-0.25, -0.2) is 4.99 Å². The number of aliphatic hydroxyl groups is 1. The van der Waals surface area contributed by atoms with E-state index in [9.17, 15) is 5.11 Å². The van der Waals surface area contributed by atoms with Gasteiger partial charge in [-0.1, -0.05) is 24.1 Å². The van der Waals surface area contributed by atoms with Crippen LogP contribution >= 0.6 is 0 Å². The maximum atomic E-state index is 11.0. The van der Waals surface area contributed by atoms with Gasteiger partial charge in [-0.3, -0.25) is 4.90 Å². The van der Waals surface area contributed by atoms with E-state index < -0.39 is 6.17 Å². The van der Waals surface area contributed by atoms with Crippen molar-refractivity contribution in [2.45, 2.75) is 32.5 Å². The van der Waals surface area contributed by atoms with Gasteiger partial charge < -0.3 is 35.8 Å². The van der Waals surface area contributed by atoms with Gasteiger partial charge in [-0.05, 0) is 50.6 Å². The Labute approximate surface area is 249 Å². The van der Waals surface area contributed by atoms with Crippen LogP contribution < -0.4 is 21.3 Å². The molecule has 1 unspecified atom stereocenters. The predicted octanol–water partition coefficient (Wildman–Crippen LogP) is 4.22. The average molecular weight is 569 g/mol. The number of piperazine rings is 1. The van der Waals surface area contributed by atoms with Crippen LogP contribution in [-0.2, 0) is 13.0 Å². The molecule has 9 heteroatoms. The van der Waals surface area contributed by atoms with E-state index in [1.54, 1.807) is 13.0 Å². The van der Waals surface area contributed by atoms with E-state index in [1.165, 1.54) is 11.1 Å². The largest absolute Gasteiger partial charge is 0.506 e. The lowest BCUT2D eigenvalue weighted by Gasteiger charge is -2.34. The minimum absolute atomic E-state index is 0.0893. The number of rotatable bonds is 10. The van der Waals surface area contributed by atoms with Crippen molar-refractivity contribution in [1.29, 1.82) is 0 Å². The molecule has 2 aliphatic rings. The minimum atomic E-state index is -0.735. The van der Waals surface area contributed by atoms with E-state index in [0.717, 1.165) is 86.7 Å². The van der Waals surface area contributed by atoms with Gasteiger partial charge in [0.2, 0.25) is 0 Å². The Kier molecular flexibility index (Phi) is 8.95. The van der Waals surface area contributed by atoms with E-state index in [1.807, 2.05) is 19.2 Å². The highest BCUT2D eigenvalue weighted by molar-refractivity contribution is 6.18. The lowest BCUT2D eigenvalue weighted by molar-refractivity contribution is 0.157. The third-order valence-electron chi connectivity index (χ3n) is 8.50. The molecule has 0 saturated carbocycles. The zero-order valence-corrected chi connectivity index (χ0v) is 25.3. The number of aryl methyl sites for hydroxylation is 2. The van der Waals surface area contributed by atoms with Crippen LogP contribution in [0.3, 0.4) is 0 Å². The summed E-state index contributed by atoms with van der Waals surface area (Å²) in [5.41, 5.74) is 13.7. The molecule has 2 aliphatic heterocycles. The fourth-order valence-electron chi connectivity index (χ4n) is 5.99. The third-order valence-corrected chi connectivity index (χ3v) is 8.50. The summed E-state index contributed by atoms with van der Waals surface area (Å²) in [4.78, 5) is 11.9. The van der Waals surface area contributed by atoms with Gasteiger partial charge in [0.1, 0.15) is 11.5 Å². The molecular weight excluding hydrogens is 524 g/mol. The van der Waals surface area contributed by atoms with Crippen molar-refractivity contribution in [1.82, 2.24) is 14.4 Å². The normalized spacial score (nSPS) is 17.2. The topological polar surface area (TPSA) is 97.3 Å². The average Bonchev–Trinajstić information content (AvgIpc) is 3.38. The smallest absolute Gasteiger partial charge is 0.182 e. The van der Waals surface area contributed by atoms with Crippen LogP contribution in [0.5, 0.6) is 0 Å². The number of nitrogen functional groups attached to an aromatic ring is 1. The second kappa shape index (κ2) is 12.8. The van der Waals surface area contributed by atoms with Crippen molar-refractivity contribution < 1.29 is 5.11 Å². The highest BCUT2D eigenvalue weighted by Gasteiger charge is 2.22. The number of hydrogen-bond donors (Lipinski definition) is 4. The van der Waals surface area contributed by atoms with Crippen LogP contribution in [0.4, 0.5) is 22.7 Å². The van der Waals surface area contributed by atoms with Gasteiger partial charge >= 0.3 is 0 Å². The molecule has 1 aromatic heterocycles. The molecule has 5 N–H and O–H groups in total. The fraction of sp³-hybridized carbons (Fsp3) is 0.424. The molecule has 0 aliphatic carbocycles. The fourth-order valence-corrected chi connectivity index (χ4v) is 5.99. The van der Waals surface area contributed by atoms with Crippen molar-refractivity contribution in [3.63, 3.8) is 0 Å². The van der Waals surface area contributed by atoms with Crippen molar-refractivity contribution in [3.8, 4) is 12.3 Å². The van der Waals surface area contributed by atoms with Crippen LogP contribution in [0.15, 0.2) is 53.4 Å². The Bertz CT molecular complexity index is 1520. The Balaban J connectivity index is 1.40. The first kappa shape index (κ1) is 29.4. The Hall–Kier alpha value is -4.13. The van der Waals surface area contributed by atoms with Crippen LogP contribution in [0.2, 0.25) is 0 Å². The number of nitrogens with zero attached hydrogens (tertiary/aromatic N) is 5. The summed E-state index contributed by atoms with van der Waals surface area (Å²) >= 11 is 0. The summed E-state index contributed by atoms with van der Waals surface area (Å²) in [6.45, 7) is 8.98. The Morgan fingerprint density at radius 1 is 1.21 bits per heavy atom. The molecule has 0 amide bonds. The molecule has 1 fully saturated rings. The van der Waals surface area contributed by atoms with E-state index in [4.69, 9.17) is 17.1 Å². The van der Waals surface area contributed by atoms with E-state index in [0.29, 0.717) is 11.4 Å². The summed E-state index contributed by atoms with van der Waals surface area (Å²) in [6, 6.07) is 10.3. The van der Waals surface area contributed by atoms with Crippen LogP contribution in [0.25, 0.3) is 10.9 Å². The first-order chi connectivity index (χ1) is 20.3. The number of nitrogens with one attached hydrogen (secondary N) is 2. The Morgan fingerprint density at radius 2 is 2.00 bits per heavy atom. The molecule has 0 spiro atoms. The number of aromatic nitrogens is 1. The number of nitrogens with two attached hydrogens (primary N) is 1. The van der Waals surface area contributed by atoms with E-state index in [-0.39, 0.29) is 5.76 Å². The number of para-hydroxylation sites is 1. The molecule has 2 aromatic carbocycles. The lowest BCUT2D eigenvalue weighted by atomic mass is 10.0. The standard InChI is InChI=1S/C33H44N8O/c1-6-30(42)32(25-22-41-13-9-11-23-10-8-12-24(25)33(23)41)37-31(7-2)36-28-20-26(34)29(21-27(28)35-3)39(5)16-19-40-17-14-38(4)15-18-40/h2,6,8,10,12,20-22,31,35-36,42H,9,11,13-19,34H2,1,3-5H3/b30-6+,37-32-. The second-order valence-corrected chi connectivity index (χ2v) is 11.3. The minimum Gasteiger partial charge on any atom is -0.506 e. The van der Waals surface area contributed by atoms with Crippen LogP contribution in [0.1, 0.15) is 24.5 Å². The van der Waals surface area contributed by atoms with Crippen molar-refractivity contribution in [2.24, 2.45) is 4.99 Å². The van der Waals surface area contributed by atoms with Gasteiger partial charge in [0.15, 0.2) is 6.17 Å². The SMILES string of the molecule is C#CC(/N=C(\C(O)=C/C)c1cn2c3c(cccc13)CCC2)Nc1cc(N)c(N(C)CCN2CCN(C)CC2)cc1NC. The van der Waals surface area contributed by atoms with Gasteiger partial charge in [0, 0.05) is 77.1 Å². The monoisotopic (exact) mass is 568 g/mol. The van der Waals surface area contributed by atoms with Crippen molar-refractivity contribution in [3.05, 3.63) is 59.5 Å². The quantitative estimate of drug-likeness (QED) is 0.126. The van der Waals surface area contributed by atoms with Crippen molar-refractivity contribution in [2.75, 3.05) is 81.7 Å². The maximum absolute atomic E-state index is 11.0. The number of anilines is 4. The zero-order valence-electron chi connectivity index (χ0n) is 25.3. The summed E-state index contributed by atoms with van der Waals surface area (Å²) in [6.07, 6.45) is 11.1. The number of allylic oxidation sites excluding steroid dienone is 2. The molecule has 3 aromatic rings. The zero-order chi connectivity index (χ0) is 29.8. The number of terminal acetylenes is 1. The molecule has 3 heterocycles. The third kappa shape index (κ3) is 6.06. The van der Waals surface area contributed by atoms with Gasteiger partial charge in [-0.15, -0.1) is 6.42 Å². The molecule has 42 heavy (non-hydrogen) atoms. The molecule has 222 valence electrons. The molecule has 0 bridgehead atoms. The number of hydrogen-bond acceptors (Lipinski definition) is 8. The summed E-state index contributed by atoms with van der Waals surface area (Å²) in [7, 11) is 6.13. The van der Waals surface area contributed by atoms with Gasteiger partial charge in [0.25, 0.3) is 0 Å². The van der Waals surface area contributed by atoms with Crippen molar-refractivity contribution >= 4 is 39.4 Å². The molecule has 5 rings (SSSR count). The first-order valence-electron chi connectivity index (χ1n) is 14.8. The summed E-state index contributed by atoms with van der Waals surface area (Å²) in [5.74, 6) is 2.85. The van der Waals surface area contributed by atoms with Gasteiger partial charge in [-0.2, -0.15) is 0 Å².